The van der Waals surface area contributed by atoms with Gasteiger partial charge in [-0.3, -0.25) is 0 Å². The van der Waals surface area contributed by atoms with E-state index in [1.807, 2.05) is 6.92 Å². The molecule has 0 aliphatic carbocycles. The van der Waals surface area contributed by atoms with Crippen molar-refractivity contribution < 1.29 is 14.6 Å². The Hall–Kier alpha value is -0.120. The maximum absolute atomic E-state index is 9.14. The van der Waals surface area contributed by atoms with Gasteiger partial charge in [0.1, 0.15) is 0 Å². The van der Waals surface area contributed by atoms with Gasteiger partial charge in [-0.25, -0.2) is 0 Å². The van der Waals surface area contributed by atoms with Crippen LogP contribution in [-0.2, 0) is 9.47 Å². The fraction of sp³-hybridized carbons (Fsp3) is 1.00. The topological polar surface area (TPSA) is 38.7 Å². The van der Waals surface area contributed by atoms with Crippen LogP contribution in [0, 0.1) is 5.92 Å². The van der Waals surface area contributed by atoms with Crippen molar-refractivity contribution in [2.45, 2.75) is 32.5 Å². The molecule has 12 heavy (non-hydrogen) atoms. The quantitative estimate of drug-likeness (QED) is 0.685. The van der Waals surface area contributed by atoms with Gasteiger partial charge in [-0.05, 0) is 20.3 Å². The van der Waals surface area contributed by atoms with Crippen LogP contribution in [0.5, 0.6) is 0 Å². The summed E-state index contributed by atoms with van der Waals surface area (Å²) in [6, 6.07) is 0. The summed E-state index contributed by atoms with van der Waals surface area (Å²) in [6.45, 7) is 6.02. The van der Waals surface area contributed by atoms with Crippen LogP contribution in [0.4, 0.5) is 0 Å². The largest absolute Gasteiger partial charge is 0.391 e. The molecule has 1 fully saturated rings. The number of aliphatic hydroxyl groups is 1. The van der Waals surface area contributed by atoms with E-state index >= 15 is 0 Å². The Balaban J connectivity index is 2.07. The normalized spacial score (nSPS) is 28.8. The molecule has 0 aromatic rings. The molecule has 1 heterocycles. The second-order valence-electron chi connectivity index (χ2n) is 3.51. The number of hydrogen-bond acceptors (Lipinski definition) is 3. The van der Waals surface area contributed by atoms with Crippen LogP contribution >= 0.6 is 0 Å². The van der Waals surface area contributed by atoms with Crippen molar-refractivity contribution in [1.82, 2.24) is 0 Å². The number of hydrogen-bond donors (Lipinski definition) is 1. The first-order valence-electron chi connectivity index (χ1n) is 4.57. The van der Waals surface area contributed by atoms with Crippen molar-refractivity contribution in [2.75, 3.05) is 19.8 Å². The summed E-state index contributed by atoms with van der Waals surface area (Å²) in [4.78, 5) is 0. The summed E-state index contributed by atoms with van der Waals surface area (Å²) in [5, 5.41) is 9.14. The SMILES string of the molecule is CC(OCC1CCOC1)[C@H](C)O. The minimum absolute atomic E-state index is 0.0643. The van der Waals surface area contributed by atoms with Gasteiger partial charge in [0, 0.05) is 12.5 Å². The average molecular weight is 174 g/mol. The van der Waals surface area contributed by atoms with E-state index < -0.39 is 0 Å². The predicted molar refractivity (Wildman–Crippen MR) is 46.0 cm³/mol. The highest BCUT2D eigenvalue weighted by Gasteiger charge is 2.18. The first-order valence-corrected chi connectivity index (χ1v) is 4.57. The highest BCUT2D eigenvalue weighted by atomic mass is 16.5. The van der Waals surface area contributed by atoms with Gasteiger partial charge in [-0.1, -0.05) is 0 Å². The van der Waals surface area contributed by atoms with Gasteiger partial charge in [-0.15, -0.1) is 0 Å². The molecule has 1 saturated heterocycles. The minimum atomic E-state index is -0.382. The molecule has 1 N–H and O–H groups in total. The first-order chi connectivity index (χ1) is 5.70. The molecule has 0 aromatic carbocycles. The predicted octanol–water partition coefficient (Wildman–Crippen LogP) is 0.809. The molecule has 0 radical (unpaired) electrons. The monoisotopic (exact) mass is 174 g/mol. The van der Waals surface area contributed by atoms with Crippen LogP contribution < -0.4 is 0 Å². The summed E-state index contributed by atoms with van der Waals surface area (Å²) in [7, 11) is 0. The molecule has 1 aliphatic rings. The smallest absolute Gasteiger partial charge is 0.0803 e. The highest BCUT2D eigenvalue weighted by molar-refractivity contribution is 4.65. The molecular formula is C9H18O3. The molecule has 0 spiro atoms. The van der Waals surface area contributed by atoms with Crippen molar-refractivity contribution in [3.05, 3.63) is 0 Å². The van der Waals surface area contributed by atoms with Crippen LogP contribution in [0.1, 0.15) is 20.3 Å². The lowest BCUT2D eigenvalue weighted by atomic mass is 10.1. The van der Waals surface area contributed by atoms with E-state index in [4.69, 9.17) is 14.6 Å². The zero-order valence-corrected chi connectivity index (χ0v) is 7.82. The number of ether oxygens (including phenoxy) is 2. The van der Waals surface area contributed by atoms with Crippen molar-refractivity contribution in [1.29, 1.82) is 0 Å². The van der Waals surface area contributed by atoms with Gasteiger partial charge in [0.25, 0.3) is 0 Å². The lowest BCUT2D eigenvalue weighted by Gasteiger charge is -2.17. The third kappa shape index (κ3) is 3.09. The summed E-state index contributed by atoms with van der Waals surface area (Å²) in [5.74, 6) is 0.534. The van der Waals surface area contributed by atoms with Crippen LogP contribution in [0.25, 0.3) is 0 Å². The summed E-state index contributed by atoms with van der Waals surface area (Å²) in [5.41, 5.74) is 0. The summed E-state index contributed by atoms with van der Waals surface area (Å²) < 4.78 is 10.7. The average Bonchev–Trinajstić information content (AvgIpc) is 2.51. The maximum Gasteiger partial charge on any atom is 0.0803 e. The van der Waals surface area contributed by atoms with Crippen molar-refractivity contribution in [3.8, 4) is 0 Å². The van der Waals surface area contributed by atoms with Gasteiger partial charge in [0.2, 0.25) is 0 Å². The molecule has 3 atom stereocenters. The fourth-order valence-corrected chi connectivity index (χ4v) is 1.14. The Bertz CT molecular complexity index is 117. The van der Waals surface area contributed by atoms with Crippen LogP contribution in [-0.4, -0.2) is 37.1 Å². The van der Waals surface area contributed by atoms with E-state index in [1.54, 1.807) is 6.92 Å². The van der Waals surface area contributed by atoms with Gasteiger partial charge < -0.3 is 14.6 Å². The summed E-state index contributed by atoms with van der Waals surface area (Å²) in [6.07, 6.45) is 0.643. The Morgan fingerprint density at radius 1 is 1.58 bits per heavy atom. The second kappa shape index (κ2) is 4.80. The maximum atomic E-state index is 9.14. The van der Waals surface area contributed by atoms with E-state index in [1.165, 1.54) is 0 Å². The molecule has 0 saturated carbocycles. The molecule has 3 heteroatoms. The number of aliphatic hydroxyl groups excluding tert-OH is 1. The first kappa shape index (κ1) is 9.96. The van der Waals surface area contributed by atoms with Gasteiger partial charge >= 0.3 is 0 Å². The third-order valence-electron chi connectivity index (χ3n) is 2.30. The lowest BCUT2D eigenvalue weighted by Crippen LogP contribution is -2.25. The van der Waals surface area contributed by atoms with E-state index in [2.05, 4.69) is 0 Å². The van der Waals surface area contributed by atoms with Crippen LogP contribution in [0.2, 0.25) is 0 Å². The van der Waals surface area contributed by atoms with Crippen LogP contribution in [0.15, 0.2) is 0 Å². The molecule has 72 valence electrons. The van der Waals surface area contributed by atoms with Crippen molar-refractivity contribution >= 4 is 0 Å². The van der Waals surface area contributed by atoms with E-state index in [-0.39, 0.29) is 12.2 Å². The molecule has 3 nitrogen and oxygen atoms in total. The highest BCUT2D eigenvalue weighted by Crippen LogP contribution is 2.13. The molecule has 1 aliphatic heterocycles. The Labute approximate surface area is 73.7 Å². The fourth-order valence-electron chi connectivity index (χ4n) is 1.14. The van der Waals surface area contributed by atoms with E-state index in [0.29, 0.717) is 12.5 Å². The molecule has 2 unspecified atom stereocenters. The molecule has 0 aromatic heterocycles. The number of rotatable bonds is 4. The van der Waals surface area contributed by atoms with Crippen molar-refractivity contribution in [3.63, 3.8) is 0 Å². The zero-order valence-electron chi connectivity index (χ0n) is 7.82. The lowest BCUT2D eigenvalue weighted by molar-refractivity contribution is -0.0324. The Morgan fingerprint density at radius 3 is 2.83 bits per heavy atom. The van der Waals surface area contributed by atoms with Gasteiger partial charge in [0.05, 0.1) is 25.4 Å². The van der Waals surface area contributed by atoms with E-state index in [0.717, 1.165) is 19.6 Å². The summed E-state index contributed by atoms with van der Waals surface area (Å²) >= 11 is 0. The molecule has 0 amide bonds. The Kier molecular flexibility index (Phi) is 3.98. The van der Waals surface area contributed by atoms with Crippen LogP contribution in [0.3, 0.4) is 0 Å². The Morgan fingerprint density at radius 2 is 2.33 bits per heavy atom. The van der Waals surface area contributed by atoms with Gasteiger partial charge in [-0.2, -0.15) is 0 Å². The van der Waals surface area contributed by atoms with Gasteiger partial charge in [0.15, 0.2) is 0 Å². The zero-order chi connectivity index (χ0) is 8.97. The minimum Gasteiger partial charge on any atom is -0.391 e. The molecule has 0 bridgehead atoms. The standard InChI is InChI=1S/C9H18O3/c1-7(10)8(2)12-6-9-3-4-11-5-9/h7-10H,3-6H2,1-2H3/t7-,8?,9?/m0/s1. The molecule has 1 rings (SSSR count). The second-order valence-corrected chi connectivity index (χ2v) is 3.51. The van der Waals surface area contributed by atoms with Crippen molar-refractivity contribution in [2.24, 2.45) is 5.92 Å². The van der Waals surface area contributed by atoms with E-state index in [9.17, 15) is 0 Å². The molecular weight excluding hydrogens is 156 g/mol. The third-order valence-corrected chi connectivity index (χ3v) is 2.30.